The number of nitrogens with zero attached hydrogens (tertiary/aromatic N) is 3. The minimum absolute atomic E-state index is 0.205. The van der Waals surface area contributed by atoms with Gasteiger partial charge in [0, 0.05) is 29.1 Å². The summed E-state index contributed by atoms with van der Waals surface area (Å²) in [6.45, 7) is 2.75. The van der Waals surface area contributed by atoms with Crippen molar-refractivity contribution < 1.29 is 14.2 Å². The van der Waals surface area contributed by atoms with Crippen molar-refractivity contribution in [2.24, 2.45) is 5.92 Å². The van der Waals surface area contributed by atoms with E-state index in [1.54, 1.807) is 13.4 Å². The van der Waals surface area contributed by atoms with Gasteiger partial charge in [-0.3, -0.25) is 0 Å². The van der Waals surface area contributed by atoms with Crippen LogP contribution < -0.4 is 4.74 Å². The number of methoxy groups -OCH3 is 1. The van der Waals surface area contributed by atoms with E-state index in [-0.39, 0.29) is 12.4 Å². The standard InChI is InChI=1S/C21H23N3O3/c1-13-18-7-8-24(20(18)23-12-22-13)16-9-15-11-26-21(27-19(15)10-16)14-3-5-17(25-2)6-4-14/h3-8,12,15-16,19,21H,9-11H2,1-2H3/t15-,16+,19-,21?/m0/s1. The number of hydrogen-bond acceptors (Lipinski definition) is 5. The molecule has 5 rings (SSSR count). The van der Waals surface area contributed by atoms with Crippen molar-refractivity contribution in [3.8, 4) is 5.75 Å². The minimum Gasteiger partial charge on any atom is -0.497 e. The molecule has 1 aromatic carbocycles. The molecule has 0 radical (unpaired) electrons. The fourth-order valence-electron chi connectivity index (χ4n) is 4.36. The number of aromatic nitrogens is 3. The molecule has 4 atom stereocenters. The zero-order chi connectivity index (χ0) is 18.4. The van der Waals surface area contributed by atoms with Crippen molar-refractivity contribution in [1.82, 2.24) is 14.5 Å². The van der Waals surface area contributed by atoms with Crippen LogP contribution in [0.4, 0.5) is 0 Å². The third kappa shape index (κ3) is 2.89. The highest BCUT2D eigenvalue weighted by atomic mass is 16.7. The SMILES string of the molecule is COc1ccc(C2OC[C@@H]3C[C@@H](n4ccc5c(C)ncnc54)C[C@@H]3O2)cc1. The predicted molar refractivity (Wildman–Crippen MR) is 101 cm³/mol. The Morgan fingerprint density at radius 3 is 2.78 bits per heavy atom. The molecule has 0 bridgehead atoms. The van der Waals surface area contributed by atoms with Crippen LogP contribution >= 0.6 is 0 Å². The van der Waals surface area contributed by atoms with Gasteiger partial charge in [0.15, 0.2) is 6.29 Å². The molecule has 3 heterocycles. The molecule has 0 amide bonds. The maximum Gasteiger partial charge on any atom is 0.184 e. The topological polar surface area (TPSA) is 58.4 Å². The molecule has 140 valence electrons. The molecule has 2 aromatic heterocycles. The highest BCUT2D eigenvalue weighted by molar-refractivity contribution is 5.78. The monoisotopic (exact) mass is 365 g/mol. The average Bonchev–Trinajstić information content (AvgIpc) is 3.32. The van der Waals surface area contributed by atoms with Gasteiger partial charge in [0.1, 0.15) is 17.7 Å². The number of aryl methyl sites for hydroxylation is 1. The number of benzene rings is 1. The van der Waals surface area contributed by atoms with Crippen LogP contribution in [-0.4, -0.2) is 34.4 Å². The summed E-state index contributed by atoms with van der Waals surface area (Å²) in [5.74, 6) is 1.26. The molecule has 1 saturated heterocycles. The van der Waals surface area contributed by atoms with Crippen LogP contribution in [0, 0.1) is 12.8 Å². The maximum absolute atomic E-state index is 6.32. The Balaban J connectivity index is 1.34. The van der Waals surface area contributed by atoms with E-state index in [0.29, 0.717) is 12.0 Å². The highest BCUT2D eigenvalue weighted by Gasteiger charge is 2.41. The van der Waals surface area contributed by atoms with Gasteiger partial charge in [-0.25, -0.2) is 9.97 Å². The maximum atomic E-state index is 6.32. The average molecular weight is 365 g/mol. The zero-order valence-electron chi connectivity index (χ0n) is 15.5. The fourth-order valence-corrected chi connectivity index (χ4v) is 4.36. The lowest BCUT2D eigenvalue weighted by molar-refractivity contribution is -0.233. The van der Waals surface area contributed by atoms with Crippen LogP contribution in [0.15, 0.2) is 42.9 Å². The van der Waals surface area contributed by atoms with Gasteiger partial charge in [-0.05, 0) is 38.0 Å². The Hall–Kier alpha value is -2.44. The molecule has 2 fully saturated rings. The second kappa shape index (κ2) is 6.62. The third-order valence-corrected chi connectivity index (χ3v) is 5.85. The quantitative estimate of drug-likeness (QED) is 0.706. The van der Waals surface area contributed by atoms with Gasteiger partial charge in [0.25, 0.3) is 0 Å². The molecular formula is C21H23N3O3. The number of rotatable bonds is 3. The van der Waals surface area contributed by atoms with Crippen LogP contribution in [0.25, 0.3) is 11.0 Å². The van der Waals surface area contributed by atoms with E-state index in [9.17, 15) is 0 Å². The molecule has 27 heavy (non-hydrogen) atoms. The van der Waals surface area contributed by atoms with Crippen LogP contribution in [0.5, 0.6) is 5.75 Å². The first-order valence-electron chi connectivity index (χ1n) is 9.42. The molecule has 1 unspecified atom stereocenters. The van der Waals surface area contributed by atoms with E-state index < -0.39 is 0 Å². The summed E-state index contributed by atoms with van der Waals surface area (Å²) in [4.78, 5) is 8.81. The second-order valence-electron chi connectivity index (χ2n) is 7.42. The predicted octanol–water partition coefficient (Wildman–Crippen LogP) is 3.81. The van der Waals surface area contributed by atoms with Crippen LogP contribution in [-0.2, 0) is 9.47 Å². The van der Waals surface area contributed by atoms with E-state index in [0.717, 1.165) is 47.5 Å². The zero-order valence-corrected chi connectivity index (χ0v) is 15.5. The molecule has 0 spiro atoms. The molecule has 1 aliphatic heterocycles. The lowest BCUT2D eigenvalue weighted by Crippen LogP contribution is -2.32. The molecule has 6 heteroatoms. The first-order valence-corrected chi connectivity index (χ1v) is 9.42. The molecule has 0 N–H and O–H groups in total. The first-order chi connectivity index (χ1) is 13.2. The third-order valence-electron chi connectivity index (χ3n) is 5.85. The summed E-state index contributed by atoms with van der Waals surface area (Å²) in [6.07, 6.45) is 5.71. The van der Waals surface area contributed by atoms with Crippen LogP contribution in [0.3, 0.4) is 0 Å². The van der Waals surface area contributed by atoms with Crippen molar-refractivity contribution >= 4 is 11.0 Å². The van der Waals surface area contributed by atoms with E-state index in [4.69, 9.17) is 14.2 Å². The Kier molecular flexibility index (Phi) is 4.10. The normalized spacial score (nSPS) is 27.6. The van der Waals surface area contributed by atoms with E-state index in [2.05, 4.69) is 26.8 Å². The Morgan fingerprint density at radius 1 is 1.11 bits per heavy atom. The van der Waals surface area contributed by atoms with Gasteiger partial charge < -0.3 is 18.8 Å². The van der Waals surface area contributed by atoms with Gasteiger partial charge in [0.2, 0.25) is 0 Å². The van der Waals surface area contributed by atoms with Gasteiger partial charge in [-0.2, -0.15) is 0 Å². The second-order valence-corrected chi connectivity index (χ2v) is 7.42. The van der Waals surface area contributed by atoms with Gasteiger partial charge in [-0.1, -0.05) is 12.1 Å². The van der Waals surface area contributed by atoms with Crippen molar-refractivity contribution in [2.75, 3.05) is 13.7 Å². The van der Waals surface area contributed by atoms with Crippen molar-refractivity contribution in [3.63, 3.8) is 0 Å². The summed E-state index contributed by atoms with van der Waals surface area (Å²) >= 11 is 0. The smallest absolute Gasteiger partial charge is 0.184 e. The van der Waals surface area contributed by atoms with Gasteiger partial charge in [-0.15, -0.1) is 0 Å². The van der Waals surface area contributed by atoms with E-state index in [1.165, 1.54) is 0 Å². The largest absolute Gasteiger partial charge is 0.497 e. The Bertz CT molecular complexity index is 953. The molecule has 3 aromatic rings. The van der Waals surface area contributed by atoms with Crippen LogP contribution in [0.2, 0.25) is 0 Å². The molecule has 6 nitrogen and oxygen atoms in total. The molecule has 2 aliphatic rings. The lowest BCUT2D eigenvalue weighted by atomic mass is 10.1. The lowest BCUT2D eigenvalue weighted by Gasteiger charge is -2.32. The first kappa shape index (κ1) is 16.7. The summed E-state index contributed by atoms with van der Waals surface area (Å²) < 4.78 is 19.9. The number of fused-ring (bicyclic) bond motifs is 2. The summed E-state index contributed by atoms with van der Waals surface area (Å²) in [6, 6.07) is 10.4. The molecule has 1 saturated carbocycles. The molecular weight excluding hydrogens is 342 g/mol. The van der Waals surface area contributed by atoms with Crippen LogP contribution in [0.1, 0.15) is 36.4 Å². The van der Waals surface area contributed by atoms with Gasteiger partial charge in [0.05, 0.1) is 25.5 Å². The summed E-state index contributed by atoms with van der Waals surface area (Å²) in [5.41, 5.74) is 3.07. The molecule has 1 aliphatic carbocycles. The Morgan fingerprint density at radius 2 is 1.96 bits per heavy atom. The van der Waals surface area contributed by atoms with Crippen molar-refractivity contribution in [3.05, 3.63) is 54.1 Å². The Labute approximate surface area is 158 Å². The highest BCUT2D eigenvalue weighted by Crippen LogP contribution is 2.44. The van der Waals surface area contributed by atoms with E-state index >= 15 is 0 Å². The van der Waals surface area contributed by atoms with Crippen molar-refractivity contribution in [1.29, 1.82) is 0 Å². The summed E-state index contributed by atoms with van der Waals surface area (Å²) in [5, 5.41) is 1.13. The minimum atomic E-state index is -0.304. The van der Waals surface area contributed by atoms with E-state index in [1.807, 2.05) is 31.2 Å². The number of ether oxygens (including phenoxy) is 3. The summed E-state index contributed by atoms with van der Waals surface area (Å²) in [7, 11) is 1.67. The number of hydrogen-bond donors (Lipinski definition) is 0. The fraction of sp³-hybridized carbons (Fsp3) is 0.429. The van der Waals surface area contributed by atoms with Gasteiger partial charge >= 0.3 is 0 Å². The van der Waals surface area contributed by atoms with Crippen molar-refractivity contribution in [2.45, 2.75) is 38.2 Å².